The van der Waals surface area contributed by atoms with Crippen molar-refractivity contribution in [3.8, 4) is 0 Å². The third kappa shape index (κ3) is 8.23. The van der Waals surface area contributed by atoms with Crippen LogP contribution in [0.4, 0.5) is 0 Å². The van der Waals surface area contributed by atoms with Crippen molar-refractivity contribution in [2.45, 2.75) is 228 Å². The average molecular weight is 1060 g/mol. The molecular weight excluding hydrogens is 977 g/mol. The number of ether oxygens (including phenoxy) is 9. The number of fused-ring (bicyclic) bond motifs is 4. The molecule has 11 N–H and O–H groups in total. The van der Waals surface area contributed by atoms with E-state index in [-0.39, 0.29) is 34.4 Å². The first-order valence-corrected chi connectivity index (χ1v) is 26.9. The van der Waals surface area contributed by atoms with Crippen LogP contribution >= 0.6 is 0 Å². The molecule has 22 heteroatoms. The molecule has 422 valence electrons. The molecule has 5 heterocycles. The number of rotatable bonds is 11. The summed E-state index contributed by atoms with van der Waals surface area (Å²) in [5.41, 5.74) is -3.07. The predicted octanol–water partition coefficient (Wildman–Crippen LogP) is -1.69. The first-order chi connectivity index (χ1) is 34.8. The van der Waals surface area contributed by atoms with E-state index in [0.717, 1.165) is 38.4 Å². The molecule has 2 bridgehead atoms. The van der Waals surface area contributed by atoms with Crippen molar-refractivity contribution in [1.82, 2.24) is 0 Å². The first kappa shape index (κ1) is 55.8. The molecule has 28 atom stereocenters. The Balaban J connectivity index is 0.902. The van der Waals surface area contributed by atoms with Crippen LogP contribution in [0.2, 0.25) is 0 Å². The second-order valence-corrected chi connectivity index (χ2v) is 25.6. The largest absolute Gasteiger partial charge is 0.394 e. The number of carbonyl (C=O) groups excluding carboxylic acids is 2. The molecule has 5 aliphatic carbocycles. The van der Waals surface area contributed by atoms with Crippen LogP contribution in [0.25, 0.3) is 0 Å². The monoisotopic (exact) mass is 1060 g/mol. The molecule has 0 aromatic carbocycles. The van der Waals surface area contributed by atoms with Crippen molar-refractivity contribution in [2.24, 2.45) is 50.2 Å². The Kier molecular flexibility index (Phi) is 14.8. The van der Waals surface area contributed by atoms with Crippen LogP contribution in [0.3, 0.4) is 0 Å². The van der Waals surface area contributed by atoms with Gasteiger partial charge in [0.05, 0.1) is 50.2 Å². The molecule has 74 heavy (non-hydrogen) atoms. The molecule has 0 aromatic rings. The second-order valence-electron chi connectivity index (χ2n) is 25.6. The molecule has 22 nitrogen and oxygen atoms in total. The minimum atomic E-state index is -1.89. The van der Waals surface area contributed by atoms with Crippen LogP contribution < -0.4 is 0 Å². The fourth-order valence-electron chi connectivity index (χ4n) is 17.1. The van der Waals surface area contributed by atoms with E-state index in [0.29, 0.717) is 38.7 Å². The fourth-order valence-corrected chi connectivity index (χ4v) is 17.1. The highest BCUT2D eigenvalue weighted by molar-refractivity contribution is 5.89. The topological polar surface area (TPSA) is 340 Å². The van der Waals surface area contributed by atoms with E-state index in [4.69, 9.17) is 42.6 Å². The van der Waals surface area contributed by atoms with Crippen molar-refractivity contribution in [3.05, 3.63) is 0 Å². The highest BCUT2D eigenvalue weighted by atomic mass is 16.8. The third-order valence-corrected chi connectivity index (χ3v) is 21.7. The zero-order chi connectivity index (χ0) is 53.5. The lowest BCUT2D eigenvalue weighted by molar-refractivity contribution is -0.392. The van der Waals surface area contributed by atoms with Gasteiger partial charge in [0.2, 0.25) is 0 Å². The lowest BCUT2D eigenvalue weighted by Gasteiger charge is -2.74. The highest BCUT2D eigenvalue weighted by Gasteiger charge is 2.80. The van der Waals surface area contributed by atoms with E-state index in [1.807, 2.05) is 6.92 Å². The summed E-state index contributed by atoms with van der Waals surface area (Å²) in [5, 5.41) is 118. The van der Waals surface area contributed by atoms with Crippen LogP contribution in [-0.2, 0) is 52.2 Å². The molecule has 0 radical (unpaired) electrons. The minimum Gasteiger partial charge on any atom is -0.394 e. The molecule has 5 aliphatic heterocycles. The lowest BCUT2D eigenvalue weighted by atomic mass is 9.30. The standard InChI is InChI=1S/C52H82O22/c1-46(2)27-7-11-49(5)28(8-12-52-29-15-47(3,21-55)13-14-51(29,22-68-52)30(57)16-50(49,52)6)48(27,4)10-9-31(46)72-44-40(74-43-39(65)36(62)33(59)24(17-53)69-43)35(61)26(20-67-44)71-45-41(37(63)34(60)25(18-54)70-45)73-42-38(64)32(58)23(56)19-66-42/h21,23-29,31-45,53-54,56,58-65H,7-20,22H2,1-6H3/t23-,24-,25-,26+,27+,28-,29-,31+,32+,33-,34-,35+,36+,37+,38-,39-,40-,41-,42+,43+,44+,45+,47+,48+,49-,50+,51-,52+/m1/s1. The van der Waals surface area contributed by atoms with Gasteiger partial charge in [-0.25, -0.2) is 0 Å². The Morgan fingerprint density at radius 3 is 1.91 bits per heavy atom. The van der Waals surface area contributed by atoms with Crippen molar-refractivity contribution in [1.29, 1.82) is 0 Å². The Morgan fingerprint density at radius 2 is 1.22 bits per heavy atom. The first-order valence-electron chi connectivity index (χ1n) is 26.9. The Morgan fingerprint density at radius 1 is 0.595 bits per heavy atom. The van der Waals surface area contributed by atoms with Gasteiger partial charge in [-0.05, 0) is 85.9 Å². The molecule has 10 rings (SSSR count). The SMILES string of the molecule is CC1(C)[C@@H](O[C@@H]2OC[C@H](O[C@@H]3O[C@H](CO)[C@@H](O)[C@H](O)[C@H]3O[C@@H]3OC[C@@H](O)[C@H](O)[C@H]3O)[C@H](O)[C@H]2O[C@@H]2O[C@H](CO)[C@@H](O)[C@H](O)[C@H]2O)CC[C@]2(C)[C@H]3CC[C@]45OC[C@@]6(CC[C@](C)(C=O)C[C@H]64)C(=O)C[C@@]5(C)[C@]3(C)CC[C@@H]12. The molecule has 0 aromatic heterocycles. The van der Waals surface area contributed by atoms with Gasteiger partial charge in [0.25, 0.3) is 0 Å². The number of ketones is 1. The second kappa shape index (κ2) is 19.7. The summed E-state index contributed by atoms with van der Waals surface area (Å²) >= 11 is 0. The van der Waals surface area contributed by atoms with Crippen LogP contribution in [0.5, 0.6) is 0 Å². The summed E-state index contributed by atoms with van der Waals surface area (Å²) in [4.78, 5) is 27.2. The molecule has 10 fully saturated rings. The maximum atomic E-state index is 14.7. The van der Waals surface area contributed by atoms with E-state index >= 15 is 0 Å². The Bertz CT molecular complexity index is 2070. The minimum absolute atomic E-state index is 0.0269. The lowest BCUT2D eigenvalue weighted by Crippen LogP contribution is -2.73. The summed E-state index contributed by atoms with van der Waals surface area (Å²) < 4.78 is 55.8. The number of carbonyl (C=O) groups is 2. The molecule has 10 aliphatic rings. The quantitative estimate of drug-likeness (QED) is 0.0813. The van der Waals surface area contributed by atoms with E-state index in [1.54, 1.807) is 0 Å². The number of aliphatic hydroxyl groups excluding tert-OH is 11. The Labute approximate surface area is 430 Å². The summed E-state index contributed by atoms with van der Waals surface area (Å²) in [6, 6.07) is 0. The van der Waals surface area contributed by atoms with E-state index in [9.17, 15) is 65.8 Å². The number of aliphatic hydroxyl groups is 11. The van der Waals surface area contributed by atoms with Crippen LogP contribution in [0, 0.1) is 50.2 Å². The summed E-state index contributed by atoms with van der Waals surface area (Å²) in [6.07, 6.45) is -22.3. The van der Waals surface area contributed by atoms with E-state index in [2.05, 4.69) is 34.6 Å². The van der Waals surface area contributed by atoms with Crippen molar-refractivity contribution >= 4 is 12.1 Å². The molecule has 5 saturated carbocycles. The van der Waals surface area contributed by atoms with Gasteiger partial charge < -0.3 is 104 Å². The zero-order valence-electron chi connectivity index (χ0n) is 43.3. The number of Topliss-reactive ketones (excluding diaryl/α,β-unsaturated/α-hetero) is 1. The number of hydrogen-bond donors (Lipinski definition) is 11. The van der Waals surface area contributed by atoms with Gasteiger partial charge in [0.1, 0.15) is 97.5 Å². The summed E-state index contributed by atoms with van der Waals surface area (Å²) in [5.74, 6) is 0.572. The van der Waals surface area contributed by atoms with Gasteiger partial charge in [0.15, 0.2) is 25.2 Å². The highest BCUT2D eigenvalue weighted by Crippen LogP contribution is 2.80. The smallest absolute Gasteiger partial charge is 0.187 e. The van der Waals surface area contributed by atoms with Crippen molar-refractivity contribution < 1.29 is 108 Å². The van der Waals surface area contributed by atoms with Gasteiger partial charge in [-0.3, -0.25) is 4.79 Å². The van der Waals surface area contributed by atoms with E-state index < -0.39 is 170 Å². The van der Waals surface area contributed by atoms with Gasteiger partial charge in [0, 0.05) is 23.2 Å². The molecular formula is C52H82O22. The van der Waals surface area contributed by atoms with Crippen molar-refractivity contribution in [2.75, 3.05) is 33.0 Å². The van der Waals surface area contributed by atoms with Crippen molar-refractivity contribution in [3.63, 3.8) is 0 Å². The van der Waals surface area contributed by atoms with Crippen LogP contribution in [0.1, 0.15) is 106 Å². The number of hydrogen-bond acceptors (Lipinski definition) is 22. The van der Waals surface area contributed by atoms with E-state index in [1.165, 1.54) is 0 Å². The fraction of sp³-hybridized carbons (Fsp3) is 0.962. The maximum Gasteiger partial charge on any atom is 0.187 e. The number of aldehydes is 1. The van der Waals surface area contributed by atoms with Gasteiger partial charge in [-0.15, -0.1) is 0 Å². The van der Waals surface area contributed by atoms with Crippen LogP contribution in [-0.4, -0.2) is 224 Å². The summed E-state index contributed by atoms with van der Waals surface area (Å²) in [7, 11) is 0. The zero-order valence-corrected chi connectivity index (χ0v) is 43.3. The Hall–Kier alpha value is -1.46. The summed E-state index contributed by atoms with van der Waals surface area (Å²) in [6.45, 7) is 11.4. The normalized spacial score (nSPS) is 57.1. The van der Waals surface area contributed by atoms with Gasteiger partial charge >= 0.3 is 0 Å². The molecule has 5 saturated heterocycles. The average Bonchev–Trinajstić information content (AvgIpc) is 3.65. The maximum absolute atomic E-state index is 14.7. The van der Waals surface area contributed by atoms with Crippen LogP contribution in [0.15, 0.2) is 0 Å². The predicted molar refractivity (Wildman–Crippen MR) is 250 cm³/mol. The van der Waals surface area contributed by atoms with Gasteiger partial charge in [-0.1, -0.05) is 41.5 Å². The molecule has 0 unspecified atom stereocenters. The molecule has 0 amide bonds. The molecule has 1 spiro atoms. The van der Waals surface area contributed by atoms with Gasteiger partial charge in [-0.2, -0.15) is 0 Å². The third-order valence-electron chi connectivity index (χ3n) is 21.7.